The fourth-order valence-electron chi connectivity index (χ4n) is 1.96. The molecule has 0 radical (unpaired) electrons. The van der Waals surface area contributed by atoms with Crippen LogP contribution in [0.5, 0.6) is 0 Å². The number of hydrogen-bond acceptors (Lipinski definition) is 3. The van der Waals surface area contributed by atoms with Gasteiger partial charge in [0.15, 0.2) is 0 Å². The van der Waals surface area contributed by atoms with Crippen LogP contribution in [-0.4, -0.2) is 20.6 Å². The summed E-state index contributed by atoms with van der Waals surface area (Å²) >= 11 is 0. The zero-order valence-electron chi connectivity index (χ0n) is 10.1. The quantitative estimate of drug-likeness (QED) is 0.809. The Hall–Kier alpha value is -2.30. The Morgan fingerprint density at radius 1 is 1.56 bits per heavy atom. The first-order chi connectivity index (χ1) is 8.63. The standard InChI is InChI=1S/C13H15N3O2/c1-2-11(13(17)18)16-7-6-15-12(16)9-4-3-5-10(14)8-9/h3-8,11H,2,14H2,1H3,(H,17,18). The van der Waals surface area contributed by atoms with Crippen molar-refractivity contribution in [3.63, 3.8) is 0 Å². The van der Waals surface area contributed by atoms with Crippen LogP contribution in [0.25, 0.3) is 11.4 Å². The number of carboxylic acids is 1. The van der Waals surface area contributed by atoms with Crippen molar-refractivity contribution in [3.8, 4) is 11.4 Å². The van der Waals surface area contributed by atoms with E-state index in [4.69, 9.17) is 5.73 Å². The van der Waals surface area contributed by atoms with E-state index < -0.39 is 12.0 Å². The number of nitrogen functional groups attached to an aromatic ring is 1. The van der Waals surface area contributed by atoms with Crippen molar-refractivity contribution in [3.05, 3.63) is 36.7 Å². The zero-order valence-corrected chi connectivity index (χ0v) is 10.1. The molecule has 1 aromatic carbocycles. The molecule has 0 saturated carbocycles. The second kappa shape index (κ2) is 4.91. The number of carbonyl (C=O) groups is 1. The van der Waals surface area contributed by atoms with Crippen LogP contribution in [0.3, 0.4) is 0 Å². The van der Waals surface area contributed by atoms with Gasteiger partial charge in [-0.25, -0.2) is 9.78 Å². The van der Waals surface area contributed by atoms with Crippen LogP contribution >= 0.6 is 0 Å². The summed E-state index contributed by atoms with van der Waals surface area (Å²) in [6.45, 7) is 1.84. The van der Waals surface area contributed by atoms with E-state index in [1.165, 1.54) is 0 Å². The first kappa shape index (κ1) is 12.2. The first-order valence-corrected chi connectivity index (χ1v) is 5.75. The predicted octanol–water partition coefficient (Wildman–Crippen LogP) is 2.17. The van der Waals surface area contributed by atoms with Crippen molar-refractivity contribution in [1.29, 1.82) is 0 Å². The third kappa shape index (κ3) is 2.20. The molecule has 1 aromatic heterocycles. The number of aliphatic carboxylic acids is 1. The van der Waals surface area contributed by atoms with Crippen molar-refractivity contribution in [2.75, 3.05) is 5.73 Å². The smallest absolute Gasteiger partial charge is 0.326 e. The first-order valence-electron chi connectivity index (χ1n) is 5.75. The normalized spacial score (nSPS) is 12.3. The van der Waals surface area contributed by atoms with Gasteiger partial charge < -0.3 is 15.4 Å². The summed E-state index contributed by atoms with van der Waals surface area (Å²) in [5.74, 6) is -0.239. The van der Waals surface area contributed by atoms with Crippen LogP contribution in [-0.2, 0) is 4.79 Å². The molecule has 0 aliphatic heterocycles. The minimum atomic E-state index is -0.861. The van der Waals surface area contributed by atoms with Crippen molar-refractivity contribution < 1.29 is 9.90 Å². The van der Waals surface area contributed by atoms with E-state index in [1.807, 2.05) is 19.1 Å². The lowest BCUT2D eigenvalue weighted by Gasteiger charge is -2.15. The summed E-state index contributed by atoms with van der Waals surface area (Å²) in [5, 5.41) is 9.20. The highest BCUT2D eigenvalue weighted by Gasteiger charge is 2.20. The number of aromatic nitrogens is 2. The third-order valence-electron chi connectivity index (χ3n) is 2.82. The molecule has 0 spiro atoms. The van der Waals surface area contributed by atoms with E-state index in [0.717, 1.165) is 5.56 Å². The minimum Gasteiger partial charge on any atom is -0.480 e. The Kier molecular flexibility index (Phi) is 3.32. The van der Waals surface area contributed by atoms with Gasteiger partial charge in [0, 0.05) is 23.6 Å². The van der Waals surface area contributed by atoms with Crippen LogP contribution in [0, 0.1) is 0 Å². The van der Waals surface area contributed by atoms with Crippen molar-refractivity contribution in [2.45, 2.75) is 19.4 Å². The number of rotatable bonds is 4. The molecule has 5 heteroatoms. The lowest BCUT2D eigenvalue weighted by Crippen LogP contribution is -2.18. The van der Waals surface area contributed by atoms with Crippen LogP contribution in [0.15, 0.2) is 36.7 Å². The minimum absolute atomic E-state index is 0.501. The van der Waals surface area contributed by atoms with E-state index in [2.05, 4.69) is 4.98 Å². The number of benzene rings is 1. The lowest BCUT2D eigenvalue weighted by molar-refractivity contribution is -0.140. The monoisotopic (exact) mass is 245 g/mol. The molecule has 1 heterocycles. The Labute approximate surface area is 105 Å². The van der Waals surface area contributed by atoms with Crippen LogP contribution in [0.1, 0.15) is 19.4 Å². The van der Waals surface area contributed by atoms with E-state index in [9.17, 15) is 9.90 Å². The molecule has 0 bridgehead atoms. The summed E-state index contributed by atoms with van der Waals surface area (Å²) in [6.07, 6.45) is 3.78. The number of nitrogens with two attached hydrogens (primary N) is 1. The lowest BCUT2D eigenvalue weighted by atomic mass is 10.1. The molecule has 0 amide bonds. The van der Waals surface area contributed by atoms with Crippen LogP contribution in [0.4, 0.5) is 5.69 Å². The highest BCUT2D eigenvalue weighted by atomic mass is 16.4. The zero-order chi connectivity index (χ0) is 13.1. The summed E-state index contributed by atoms with van der Waals surface area (Å²) < 4.78 is 1.66. The maximum Gasteiger partial charge on any atom is 0.326 e. The second-order valence-corrected chi connectivity index (χ2v) is 4.05. The fourth-order valence-corrected chi connectivity index (χ4v) is 1.96. The molecule has 0 saturated heterocycles. The van der Waals surface area contributed by atoms with Crippen molar-refractivity contribution in [2.24, 2.45) is 0 Å². The molecule has 18 heavy (non-hydrogen) atoms. The van der Waals surface area contributed by atoms with Crippen molar-refractivity contribution in [1.82, 2.24) is 9.55 Å². The van der Waals surface area contributed by atoms with Gasteiger partial charge in [-0.05, 0) is 18.6 Å². The number of nitrogens with zero attached hydrogens (tertiary/aromatic N) is 2. The highest BCUT2D eigenvalue weighted by molar-refractivity contribution is 5.73. The average molecular weight is 245 g/mol. The molecule has 0 fully saturated rings. The molecule has 94 valence electrons. The van der Waals surface area contributed by atoms with E-state index >= 15 is 0 Å². The van der Waals surface area contributed by atoms with Gasteiger partial charge in [0.1, 0.15) is 11.9 Å². The molecule has 1 unspecified atom stereocenters. The number of anilines is 1. The number of hydrogen-bond donors (Lipinski definition) is 2. The fraction of sp³-hybridized carbons (Fsp3) is 0.231. The molecule has 1 atom stereocenters. The van der Waals surface area contributed by atoms with Crippen LogP contribution in [0.2, 0.25) is 0 Å². The van der Waals surface area contributed by atoms with E-state index in [-0.39, 0.29) is 0 Å². The Balaban J connectivity index is 2.47. The SMILES string of the molecule is CCC(C(=O)O)n1ccnc1-c1cccc(N)c1. The summed E-state index contributed by atoms with van der Waals surface area (Å²) in [4.78, 5) is 15.4. The Morgan fingerprint density at radius 2 is 2.33 bits per heavy atom. The van der Waals surface area contributed by atoms with Gasteiger partial charge >= 0.3 is 5.97 Å². The molecule has 0 aliphatic rings. The summed E-state index contributed by atoms with van der Waals surface area (Å²) in [7, 11) is 0. The topological polar surface area (TPSA) is 81.1 Å². The second-order valence-electron chi connectivity index (χ2n) is 4.05. The van der Waals surface area contributed by atoms with Gasteiger partial charge in [-0.1, -0.05) is 19.1 Å². The molecule has 0 aliphatic carbocycles. The van der Waals surface area contributed by atoms with Gasteiger partial charge in [-0.3, -0.25) is 0 Å². The highest BCUT2D eigenvalue weighted by Crippen LogP contribution is 2.24. The Bertz CT molecular complexity index is 563. The van der Waals surface area contributed by atoms with Gasteiger partial charge in [-0.15, -0.1) is 0 Å². The maximum atomic E-state index is 11.2. The van der Waals surface area contributed by atoms with Gasteiger partial charge in [0.2, 0.25) is 0 Å². The predicted molar refractivity (Wildman–Crippen MR) is 69.0 cm³/mol. The third-order valence-corrected chi connectivity index (χ3v) is 2.82. The van der Waals surface area contributed by atoms with Gasteiger partial charge in [0.05, 0.1) is 0 Å². The molecule has 2 aromatic rings. The van der Waals surface area contributed by atoms with Crippen molar-refractivity contribution >= 4 is 11.7 Å². The largest absolute Gasteiger partial charge is 0.480 e. The summed E-state index contributed by atoms with van der Waals surface area (Å²) in [5.41, 5.74) is 7.18. The average Bonchev–Trinajstić information content (AvgIpc) is 2.78. The van der Waals surface area contributed by atoms with E-state index in [0.29, 0.717) is 17.9 Å². The van der Waals surface area contributed by atoms with E-state index in [1.54, 1.807) is 29.1 Å². The number of imidazole rings is 1. The molecule has 3 N–H and O–H groups in total. The van der Waals surface area contributed by atoms with Gasteiger partial charge in [-0.2, -0.15) is 0 Å². The number of carboxylic acid groups (broad SMARTS) is 1. The van der Waals surface area contributed by atoms with Gasteiger partial charge in [0.25, 0.3) is 0 Å². The summed E-state index contributed by atoms with van der Waals surface area (Å²) in [6, 6.07) is 6.65. The molecular weight excluding hydrogens is 230 g/mol. The molecule has 5 nitrogen and oxygen atoms in total. The molecule has 2 rings (SSSR count). The van der Waals surface area contributed by atoms with Crippen LogP contribution < -0.4 is 5.73 Å². The molecular formula is C13H15N3O2. The maximum absolute atomic E-state index is 11.2. The Morgan fingerprint density at radius 3 is 2.94 bits per heavy atom.